The zero-order valence-electron chi connectivity index (χ0n) is 16.6. The number of carbonyl (C=O) groups excluding carboxylic acids is 2. The maximum Gasteiger partial charge on any atom is 0.338 e. The summed E-state index contributed by atoms with van der Waals surface area (Å²) in [4.78, 5) is 24.2. The first-order valence-electron chi connectivity index (χ1n) is 9.42. The molecule has 0 aromatic heterocycles. The number of carbonyl (C=O) groups is 2. The predicted molar refractivity (Wildman–Crippen MR) is 111 cm³/mol. The normalized spacial score (nSPS) is 10.2. The number of benzene rings is 3. The number of methoxy groups -OCH3 is 1. The molecule has 0 bridgehead atoms. The number of ether oxygens (including phenoxy) is 4. The van der Waals surface area contributed by atoms with Gasteiger partial charge in [-0.3, -0.25) is 4.79 Å². The third-order valence-electron chi connectivity index (χ3n) is 4.16. The van der Waals surface area contributed by atoms with E-state index < -0.39 is 11.9 Å². The van der Waals surface area contributed by atoms with Gasteiger partial charge in [0, 0.05) is 0 Å². The average Bonchev–Trinajstić information content (AvgIpc) is 2.78. The van der Waals surface area contributed by atoms with Gasteiger partial charge in [0.1, 0.15) is 30.5 Å². The molecule has 0 amide bonds. The van der Waals surface area contributed by atoms with Crippen molar-refractivity contribution in [1.29, 1.82) is 0 Å². The van der Waals surface area contributed by atoms with Crippen molar-refractivity contribution in [2.45, 2.75) is 6.42 Å². The summed E-state index contributed by atoms with van der Waals surface area (Å²) in [6.07, 6.45) is 0.134. The van der Waals surface area contributed by atoms with Gasteiger partial charge in [0.25, 0.3) is 0 Å². The molecule has 0 aliphatic heterocycles. The van der Waals surface area contributed by atoms with Crippen molar-refractivity contribution in [3.8, 4) is 17.2 Å². The van der Waals surface area contributed by atoms with Crippen LogP contribution < -0.4 is 14.2 Å². The van der Waals surface area contributed by atoms with Crippen molar-refractivity contribution in [3.05, 3.63) is 90.0 Å². The van der Waals surface area contributed by atoms with Crippen LogP contribution in [0.1, 0.15) is 15.9 Å². The molecule has 0 aliphatic carbocycles. The molecule has 30 heavy (non-hydrogen) atoms. The predicted octanol–water partition coefficient (Wildman–Crippen LogP) is 4.08. The van der Waals surface area contributed by atoms with Crippen molar-refractivity contribution in [2.75, 3.05) is 20.3 Å². The van der Waals surface area contributed by atoms with Crippen molar-refractivity contribution in [3.63, 3.8) is 0 Å². The fourth-order valence-electron chi connectivity index (χ4n) is 2.63. The van der Waals surface area contributed by atoms with Crippen LogP contribution in [0.4, 0.5) is 0 Å². The largest absolute Gasteiger partial charge is 0.497 e. The second-order valence-corrected chi connectivity index (χ2v) is 6.32. The summed E-state index contributed by atoms with van der Waals surface area (Å²) in [5, 5.41) is 0. The Morgan fingerprint density at radius 2 is 1.40 bits per heavy atom. The highest BCUT2D eigenvalue weighted by Crippen LogP contribution is 2.16. The lowest BCUT2D eigenvalue weighted by Crippen LogP contribution is -2.13. The first-order valence-corrected chi connectivity index (χ1v) is 9.42. The van der Waals surface area contributed by atoms with Crippen LogP contribution in [0.3, 0.4) is 0 Å². The van der Waals surface area contributed by atoms with Crippen molar-refractivity contribution in [2.24, 2.45) is 0 Å². The molecule has 3 rings (SSSR count). The van der Waals surface area contributed by atoms with Crippen LogP contribution in [0.2, 0.25) is 0 Å². The number of hydrogen-bond donors (Lipinski definition) is 0. The highest BCUT2D eigenvalue weighted by molar-refractivity contribution is 5.89. The Morgan fingerprint density at radius 1 is 0.733 bits per heavy atom. The number of rotatable bonds is 9. The molecule has 0 saturated heterocycles. The fraction of sp³-hybridized carbons (Fsp3) is 0.167. The zero-order valence-corrected chi connectivity index (χ0v) is 16.6. The Hall–Kier alpha value is -3.80. The quantitative estimate of drug-likeness (QED) is 0.303. The average molecular weight is 406 g/mol. The summed E-state index contributed by atoms with van der Waals surface area (Å²) < 4.78 is 21.1. The summed E-state index contributed by atoms with van der Waals surface area (Å²) in [6, 6.07) is 22.7. The maximum atomic E-state index is 12.1. The van der Waals surface area contributed by atoms with Gasteiger partial charge in [-0.1, -0.05) is 30.3 Å². The molecular weight excluding hydrogens is 384 g/mol. The second-order valence-electron chi connectivity index (χ2n) is 6.32. The number of esters is 2. The molecule has 6 heteroatoms. The Balaban J connectivity index is 1.43. The van der Waals surface area contributed by atoms with E-state index in [2.05, 4.69) is 0 Å². The lowest BCUT2D eigenvalue weighted by atomic mass is 10.1. The summed E-state index contributed by atoms with van der Waals surface area (Å²) in [6.45, 7) is 0.392. The molecule has 6 nitrogen and oxygen atoms in total. The molecule has 3 aromatic carbocycles. The Bertz CT molecular complexity index is 949. The fourth-order valence-corrected chi connectivity index (χ4v) is 2.63. The van der Waals surface area contributed by atoms with E-state index in [0.717, 1.165) is 11.3 Å². The van der Waals surface area contributed by atoms with Gasteiger partial charge >= 0.3 is 11.9 Å². The molecule has 0 saturated carbocycles. The first kappa shape index (κ1) is 20.9. The Kier molecular flexibility index (Phi) is 7.44. The molecule has 0 spiro atoms. The molecule has 0 heterocycles. The van der Waals surface area contributed by atoms with Crippen LogP contribution in [0, 0.1) is 0 Å². The second kappa shape index (κ2) is 10.7. The maximum absolute atomic E-state index is 12.1. The van der Waals surface area contributed by atoms with E-state index in [-0.39, 0.29) is 19.6 Å². The van der Waals surface area contributed by atoms with Crippen molar-refractivity contribution in [1.82, 2.24) is 0 Å². The van der Waals surface area contributed by atoms with E-state index >= 15 is 0 Å². The van der Waals surface area contributed by atoms with E-state index in [1.807, 2.05) is 30.3 Å². The van der Waals surface area contributed by atoms with Gasteiger partial charge in [-0.05, 0) is 54.1 Å². The molecule has 0 atom stereocenters. The molecule has 0 radical (unpaired) electrons. The molecule has 0 unspecified atom stereocenters. The third kappa shape index (κ3) is 6.38. The molecular formula is C24H22O6. The highest BCUT2D eigenvalue weighted by Gasteiger charge is 2.10. The summed E-state index contributed by atoms with van der Waals surface area (Å²) >= 11 is 0. The molecule has 0 N–H and O–H groups in total. The van der Waals surface area contributed by atoms with E-state index in [9.17, 15) is 9.59 Å². The number of hydrogen-bond acceptors (Lipinski definition) is 6. The van der Waals surface area contributed by atoms with Crippen LogP contribution in [0.15, 0.2) is 78.9 Å². The van der Waals surface area contributed by atoms with E-state index in [0.29, 0.717) is 17.1 Å². The minimum Gasteiger partial charge on any atom is -0.497 e. The van der Waals surface area contributed by atoms with E-state index in [1.165, 1.54) is 0 Å². The zero-order chi connectivity index (χ0) is 21.2. The summed E-state index contributed by atoms with van der Waals surface area (Å²) in [5.74, 6) is 0.935. The standard InChI is InChI=1S/C24H22O6/c1-27-20-11-7-18(8-12-20)17-23(25)30-22-13-9-19(10-14-22)24(26)29-16-15-28-21-5-3-2-4-6-21/h2-14H,15-17H2,1H3. The van der Waals surface area contributed by atoms with Crippen LogP contribution >= 0.6 is 0 Å². The van der Waals surface area contributed by atoms with Gasteiger partial charge in [-0.2, -0.15) is 0 Å². The van der Waals surface area contributed by atoms with E-state index in [4.69, 9.17) is 18.9 Å². The smallest absolute Gasteiger partial charge is 0.338 e. The van der Waals surface area contributed by atoms with Gasteiger partial charge in [0.15, 0.2) is 0 Å². The first-order chi connectivity index (χ1) is 14.6. The minimum absolute atomic E-state index is 0.131. The number of para-hydroxylation sites is 1. The third-order valence-corrected chi connectivity index (χ3v) is 4.16. The van der Waals surface area contributed by atoms with Crippen molar-refractivity contribution < 1.29 is 28.5 Å². The summed E-state index contributed by atoms with van der Waals surface area (Å²) in [5.41, 5.74) is 1.18. The van der Waals surface area contributed by atoms with Crippen LogP contribution in [0.5, 0.6) is 17.2 Å². The minimum atomic E-state index is -0.470. The molecule has 0 aliphatic rings. The van der Waals surface area contributed by atoms with Gasteiger partial charge in [0.05, 0.1) is 19.1 Å². The lowest BCUT2D eigenvalue weighted by Gasteiger charge is -2.08. The van der Waals surface area contributed by atoms with Gasteiger partial charge in [0.2, 0.25) is 0 Å². The topological polar surface area (TPSA) is 71.1 Å². The SMILES string of the molecule is COc1ccc(CC(=O)Oc2ccc(C(=O)OCCOc3ccccc3)cc2)cc1. The van der Waals surface area contributed by atoms with Crippen LogP contribution in [-0.4, -0.2) is 32.3 Å². The van der Waals surface area contributed by atoms with Crippen molar-refractivity contribution >= 4 is 11.9 Å². The van der Waals surface area contributed by atoms with Gasteiger partial charge in [-0.25, -0.2) is 4.79 Å². The van der Waals surface area contributed by atoms with Crippen LogP contribution in [-0.2, 0) is 16.0 Å². The molecule has 154 valence electrons. The Labute approximate surface area is 175 Å². The lowest BCUT2D eigenvalue weighted by molar-refractivity contribution is -0.133. The molecule has 0 fully saturated rings. The van der Waals surface area contributed by atoms with E-state index in [1.54, 1.807) is 55.6 Å². The highest BCUT2D eigenvalue weighted by atomic mass is 16.6. The summed E-state index contributed by atoms with van der Waals surface area (Å²) in [7, 11) is 1.58. The van der Waals surface area contributed by atoms with Crippen LogP contribution in [0.25, 0.3) is 0 Å². The molecule has 3 aromatic rings. The monoisotopic (exact) mass is 406 g/mol. The van der Waals surface area contributed by atoms with Gasteiger partial charge < -0.3 is 18.9 Å². The Morgan fingerprint density at radius 3 is 2.07 bits per heavy atom. The van der Waals surface area contributed by atoms with Gasteiger partial charge in [-0.15, -0.1) is 0 Å².